The molecule has 1 N–H and O–H groups in total. The van der Waals surface area contributed by atoms with Crippen LogP contribution in [0, 0.1) is 11.8 Å². The summed E-state index contributed by atoms with van der Waals surface area (Å²) in [7, 11) is 3.16. The van der Waals surface area contributed by atoms with Crippen molar-refractivity contribution in [1.82, 2.24) is 10.4 Å². The molecule has 0 spiro atoms. The normalized spacial score (nSPS) is 26.5. The fourth-order valence-electron chi connectivity index (χ4n) is 3.77. The highest BCUT2D eigenvalue weighted by Gasteiger charge is 2.29. The molecule has 2 fully saturated rings. The Labute approximate surface area is 133 Å². The van der Waals surface area contributed by atoms with Crippen molar-refractivity contribution in [2.24, 2.45) is 11.8 Å². The predicted molar refractivity (Wildman–Crippen MR) is 84.9 cm³/mol. The molecule has 2 amide bonds. The zero-order valence-corrected chi connectivity index (χ0v) is 14.0. The van der Waals surface area contributed by atoms with Crippen molar-refractivity contribution >= 4 is 11.8 Å². The number of carbonyl (C=O) groups excluding carboxylic acids is 2. The van der Waals surface area contributed by atoms with E-state index in [2.05, 4.69) is 5.32 Å². The highest BCUT2D eigenvalue weighted by Crippen LogP contribution is 2.28. The Hall–Kier alpha value is -1.10. The fraction of sp³-hybridized carbons (Fsp3) is 0.882. The van der Waals surface area contributed by atoms with Crippen LogP contribution in [0.15, 0.2) is 0 Å². The molecule has 0 radical (unpaired) electrons. The van der Waals surface area contributed by atoms with Crippen molar-refractivity contribution in [1.29, 1.82) is 0 Å². The molecule has 0 aromatic carbocycles. The van der Waals surface area contributed by atoms with E-state index >= 15 is 0 Å². The van der Waals surface area contributed by atoms with E-state index in [0.717, 1.165) is 25.7 Å². The molecule has 0 heterocycles. The first-order chi connectivity index (χ1) is 10.6. The molecule has 2 saturated carbocycles. The second kappa shape index (κ2) is 8.51. The standard InChI is InChI=1S/C17H30N2O3/c1-19(22-2)17(21)14-8-10-15(11-9-14)18-16(20)12-13-6-4-3-5-7-13/h13-15H,3-12H2,1-2H3,(H,18,20). The maximum atomic E-state index is 12.1. The zero-order valence-electron chi connectivity index (χ0n) is 14.0. The lowest BCUT2D eigenvalue weighted by atomic mass is 9.84. The molecule has 22 heavy (non-hydrogen) atoms. The lowest BCUT2D eigenvalue weighted by molar-refractivity contribution is -0.174. The van der Waals surface area contributed by atoms with Gasteiger partial charge in [-0.15, -0.1) is 0 Å². The second-order valence-electron chi connectivity index (χ2n) is 6.84. The van der Waals surface area contributed by atoms with E-state index < -0.39 is 0 Å². The summed E-state index contributed by atoms with van der Waals surface area (Å²) in [5.74, 6) is 0.878. The van der Waals surface area contributed by atoms with E-state index in [9.17, 15) is 9.59 Å². The molecular formula is C17H30N2O3. The van der Waals surface area contributed by atoms with Crippen molar-refractivity contribution in [2.45, 2.75) is 70.3 Å². The first-order valence-corrected chi connectivity index (χ1v) is 8.71. The topological polar surface area (TPSA) is 58.6 Å². The third-order valence-electron chi connectivity index (χ3n) is 5.22. The highest BCUT2D eigenvalue weighted by molar-refractivity contribution is 5.78. The Morgan fingerprint density at radius 3 is 2.27 bits per heavy atom. The first-order valence-electron chi connectivity index (χ1n) is 8.71. The quantitative estimate of drug-likeness (QED) is 0.794. The van der Waals surface area contributed by atoms with Crippen LogP contribution in [0.1, 0.15) is 64.2 Å². The molecule has 2 aliphatic carbocycles. The summed E-state index contributed by atoms with van der Waals surface area (Å²) < 4.78 is 0. The predicted octanol–water partition coefficient (Wildman–Crippen LogP) is 2.65. The van der Waals surface area contributed by atoms with Crippen molar-refractivity contribution in [3.63, 3.8) is 0 Å². The number of nitrogens with one attached hydrogen (secondary N) is 1. The van der Waals surface area contributed by atoms with Crippen molar-refractivity contribution in [3.8, 4) is 0 Å². The molecule has 5 heteroatoms. The Morgan fingerprint density at radius 1 is 1.05 bits per heavy atom. The molecule has 0 aromatic heterocycles. The molecular weight excluding hydrogens is 280 g/mol. The summed E-state index contributed by atoms with van der Waals surface area (Å²) in [6, 6.07) is 0.244. The first kappa shape index (κ1) is 17.3. The van der Waals surface area contributed by atoms with Gasteiger partial charge in [0, 0.05) is 25.4 Å². The zero-order chi connectivity index (χ0) is 15.9. The van der Waals surface area contributed by atoms with E-state index in [1.165, 1.54) is 44.3 Å². The van der Waals surface area contributed by atoms with Crippen LogP contribution in [0.4, 0.5) is 0 Å². The van der Waals surface area contributed by atoms with E-state index in [1.54, 1.807) is 7.05 Å². The van der Waals surface area contributed by atoms with Gasteiger partial charge in [0.05, 0.1) is 7.11 Å². The second-order valence-corrected chi connectivity index (χ2v) is 6.84. The summed E-state index contributed by atoms with van der Waals surface area (Å²) in [6.07, 6.45) is 10.4. The van der Waals surface area contributed by atoms with Gasteiger partial charge in [-0.1, -0.05) is 19.3 Å². The van der Waals surface area contributed by atoms with Crippen molar-refractivity contribution < 1.29 is 14.4 Å². The van der Waals surface area contributed by atoms with Gasteiger partial charge in [0.25, 0.3) is 0 Å². The molecule has 0 atom stereocenters. The Kier molecular flexibility index (Phi) is 6.68. The molecule has 0 bridgehead atoms. The molecule has 5 nitrogen and oxygen atoms in total. The van der Waals surface area contributed by atoms with Crippen LogP contribution < -0.4 is 5.32 Å². The number of rotatable bonds is 5. The van der Waals surface area contributed by atoms with Crippen molar-refractivity contribution in [2.75, 3.05) is 14.2 Å². The average molecular weight is 310 g/mol. The van der Waals surface area contributed by atoms with E-state index in [0.29, 0.717) is 12.3 Å². The molecule has 126 valence electrons. The summed E-state index contributed by atoms with van der Waals surface area (Å²) in [6.45, 7) is 0. The Morgan fingerprint density at radius 2 is 1.68 bits per heavy atom. The van der Waals surface area contributed by atoms with Gasteiger partial charge in [0.2, 0.25) is 11.8 Å². The number of hydrogen-bond acceptors (Lipinski definition) is 3. The third-order valence-corrected chi connectivity index (χ3v) is 5.22. The van der Waals surface area contributed by atoms with Crippen LogP contribution in [0.2, 0.25) is 0 Å². The Balaban J connectivity index is 1.68. The lowest BCUT2D eigenvalue weighted by Crippen LogP contribution is -2.41. The van der Waals surface area contributed by atoms with Gasteiger partial charge in [-0.25, -0.2) is 5.06 Å². The molecule has 0 saturated heterocycles. The summed E-state index contributed by atoms with van der Waals surface area (Å²) in [5, 5.41) is 4.49. The monoisotopic (exact) mass is 310 g/mol. The van der Waals surface area contributed by atoms with Gasteiger partial charge >= 0.3 is 0 Å². The minimum atomic E-state index is 0.0384. The van der Waals surface area contributed by atoms with Crippen LogP contribution in [0.25, 0.3) is 0 Å². The molecule has 2 rings (SSSR count). The van der Waals surface area contributed by atoms with Crippen LogP contribution in [0.3, 0.4) is 0 Å². The van der Waals surface area contributed by atoms with Crippen LogP contribution in [-0.4, -0.2) is 37.1 Å². The lowest BCUT2D eigenvalue weighted by Gasteiger charge is -2.30. The molecule has 0 aromatic rings. The third kappa shape index (κ3) is 4.97. The van der Waals surface area contributed by atoms with Gasteiger partial charge in [-0.2, -0.15) is 0 Å². The van der Waals surface area contributed by atoms with E-state index in [1.807, 2.05) is 0 Å². The minimum Gasteiger partial charge on any atom is -0.353 e. The van der Waals surface area contributed by atoms with Crippen LogP contribution >= 0.6 is 0 Å². The van der Waals surface area contributed by atoms with E-state index in [4.69, 9.17) is 4.84 Å². The van der Waals surface area contributed by atoms with E-state index in [-0.39, 0.29) is 23.8 Å². The molecule has 0 unspecified atom stereocenters. The Bertz CT molecular complexity index is 372. The number of nitrogens with zero attached hydrogens (tertiary/aromatic N) is 1. The maximum Gasteiger partial charge on any atom is 0.248 e. The molecule has 2 aliphatic rings. The smallest absolute Gasteiger partial charge is 0.248 e. The fourth-order valence-corrected chi connectivity index (χ4v) is 3.77. The van der Waals surface area contributed by atoms with Gasteiger partial charge < -0.3 is 5.32 Å². The maximum absolute atomic E-state index is 12.1. The largest absolute Gasteiger partial charge is 0.353 e. The van der Waals surface area contributed by atoms with Gasteiger partial charge in [0.1, 0.15) is 0 Å². The number of carbonyl (C=O) groups is 2. The van der Waals surface area contributed by atoms with Gasteiger partial charge in [-0.05, 0) is 44.4 Å². The van der Waals surface area contributed by atoms with Gasteiger partial charge in [0.15, 0.2) is 0 Å². The van der Waals surface area contributed by atoms with Crippen molar-refractivity contribution in [3.05, 3.63) is 0 Å². The van der Waals surface area contributed by atoms with Crippen LogP contribution in [-0.2, 0) is 14.4 Å². The van der Waals surface area contributed by atoms with Crippen LogP contribution in [0.5, 0.6) is 0 Å². The number of hydroxylamine groups is 2. The SMILES string of the molecule is CON(C)C(=O)C1CCC(NC(=O)CC2CCCCC2)CC1. The number of hydrogen-bond donors (Lipinski definition) is 1. The minimum absolute atomic E-state index is 0.0384. The summed E-state index contributed by atoms with van der Waals surface area (Å²) in [4.78, 5) is 29.1. The summed E-state index contributed by atoms with van der Waals surface area (Å²) >= 11 is 0. The highest BCUT2D eigenvalue weighted by atomic mass is 16.7. The molecule has 0 aliphatic heterocycles. The number of amides is 2. The average Bonchev–Trinajstić information content (AvgIpc) is 2.55. The van der Waals surface area contributed by atoms with Gasteiger partial charge in [-0.3, -0.25) is 14.4 Å². The summed E-state index contributed by atoms with van der Waals surface area (Å²) in [5.41, 5.74) is 0.